The summed E-state index contributed by atoms with van der Waals surface area (Å²) in [6.07, 6.45) is 1.85. The van der Waals surface area contributed by atoms with Gasteiger partial charge in [0.2, 0.25) is 15.9 Å². The fourth-order valence-electron chi connectivity index (χ4n) is 3.06. The molecule has 2 heterocycles. The Labute approximate surface area is 170 Å². The Morgan fingerprint density at radius 3 is 2.46 bits per heavy atom. The van der Waals surface area contributed by atoms with Gasteiger partial charge >= 0.3 is 0 Å². The lowest BCUT2D eigenvalue weighted by atomic mass is 10.1. The van der Waals surface area contributed by atoms with Crippen LogP contribution in [-0.4, -0.2) is 62.1 Å². The number of halogens is 1. The molecule has 1 N–H and O–H groups in total. The van der Waals surface area contributed by atoms with Gasteiger partial charge in [-0.25, -0.2) is 13.4 Å². The maximum absolute atomic E-state index is 12.5. The van der Waals surface area contributed by atoms with E-state index in [1.807, 2.05) is 24.3 Å². The first-order chi connectivity index (χ1) is 13.5. The average Bonchev–Trinajstić information content (AvgIpc) is 2.70. The summed E-state index contributed by atoms with van der Waals surface area (Å²) in [6, 6.07) is 12.8. The Kier molecular flexibility index (Phi) is 6.88. The van der Waals surface area contributed by atoms with Crippen LogP contribution in [0.3, 0.4) is 0 Å². The van der Waals surface area contributed by atoms with E-state index in [1.54, 1.807) is 24.4 Å². The van der Waals surface area contributed by atoms with Gasteiger partial charge in [-0.05, 0) is 23.8 Å². The van der Waals surface area contributed by atoms with Crippen LogP contribution in [0, 0.1) is 0 Å². The summed E-state index contributed by atoms with van der Waals surface area (Å²) in [4.78, 5) is 18.4. The second-order valence-corrected chi connectivity index (χ2v) is 9.00. The van der Waals surface area contributed by atoms with Crippen LogP contribution in [0.5, 0.6) is 0 Å². The maximum Gasteiger partial charge on any atom is 0.224 e. The number of carbonyl (C=O) groups is 1. The van der Waals surface area contributed by atoms with E-state index in [-0.39, 0.29) is 24.6 Å². The van der Waals surface area contributed by atoms with Crippen molar-refractivity contribution in [3.63, 3.8) is 0 Å². The topological polar surface area (TPSA) is 82.6 Å². The first-order valence-corrected chi connectivity index (χ1v) is 11.1. The third-order valence-electron chi connectivity index (χ3n) is 4.60. The molecular weight excluding hydrogens is 400 g/mol. The van der Waals surface area contributed by atoms with Gasteiger partial charge in [-0.3, -0.25) is 4.79 Å². The lowest BCUT2D eigenvalue weighted by Crippen LogP contribution is -2.50. The molecule has 0 unspecified atom stereocenters. The van der Waals surface area contributed by atoms with E-state index in [9.17, 15) is 13.2 Å². The number of carbonyl (C=O) groups excluding carboxylic acids is 1. The zero-order chi connectivity index (χ0) is 20.0. The van der Waals surface area contributed by atoms with E-state index in [0.29, 0.717) is 31.2 Å². The summed E-state index contributed by atoms with van der Waals surface area (Å²) in [5.74, 6) is 0.486. The minimum Gasteiger partial charge on any atom is -0.355 e. The molecule has 0 bridgehead atoms. The number of rotatable bonds is 7. The van der Waals surface area contributed by atoms with Crippen molar-refractivity contribution in [2.45, 2.75) is 6.42 Å². The molecule has 0 spiro atoms. The van der Waals surface area contributed by atoms with Crippen LogP contribution in [0.15, 0.2) is 48.7 Å². The number of nitrogens with zero attached hydrogens (tertiary/aromatic N) is 3. The predicted molar refractivity (Wildman–Crippen MR) is 110 cm³/mol. The SMILES string of the molecule is O=C(Cc1ccccc1Cl)NCCS(=O)(=O)N1CCN(c2ccccn2)CC1. The molecule has 1 aromatic carbocycles. The summed E-state index contributed by atoms with van der Waals surface area (Å²) >= 11 is 6.04. The van der Waals surface area contributed by atoms with Crippen molar-refractivity contribution in [3.05, 3.63) is 59.2 Å². The van der Waals surface area contributed by atoms with Crippen molar-refractivity contribution in [3.8, 4) is 0 Å². The number of hydrogen-bond donors (Lipinski definition) is 1. The van der Waals surface area contributed by atoms with Gasteiger partial charge in [-0.2, -0.15) is 4.31 Å². The van der Waals surface area contributed by atoms with Gasteiger partial charge in [-0.1, -0.05) is 35.9 Å². The molecule has 150 valence electrons. The van der Waals surface area contributed by atoms with E-state index in [4.69, 9.17) is 11.6 Å². The molecule has 7 nitrogen and oxygen atoms in total. The van der Waals surface area contributed by atoms with E-state index in [2.05, 4.69) is 15.2 Å². The Hall–Kier alpha value is -2.16. The predicted octanol–water partition coefficient (Wildman–Crippen LogP) is 1.55. The molecule has 1 aliphatic rings. The normalized spacial score (nSPS) is 15.4. The molecule has 0 radical (unpaired) electrons. The van der Waals surface area contributed by atoms with Crippen LogP contribution in [0.25, 0.3) is 0 Å². The number of nitrogens with one attached hydrogen (secondary N) is 1. The average molecular weight is 423 g/mol. The first-order valence-electron chi connectivity index (χ1n) is 9.09. The number of piperazine rings is 1. The van der Waals surface area contributed by atoms with E-state index in [1.165, 1.54) is 4.31 Å². The molecule has 9 heteroatoms. The lowest BCUT2D eigenvalue weighted by Gasteiger charge is -2.34. The van der Waals surface area contributed by atoms with Gasteiger partial charge in [0.25, 0.3) is 0 Å². The number of aromatic nitrogens is 1. The molecule has 3 rings (SSSR count). The minimum atomic E-state index is -3.42. The largest absolute Gasteiger partial charge is 0.355 e. The number of sulfonamides is 1. The third kappa shape index (κ3) is 5.43. The molecular formula is C19H23ClN4O3S. The summed E-state index contributed by atoms with van der Waals surface area (Å²) in [7, 11) is -3.42. The highest BCUT2D eigenvalue weighted by atomic mass is 35.5. The molecule has 28 heavy (non-hydrogen) atoms. The van der Waals surface area contributed by atoms with Gasteiger partial charge in [-0.15, -0.1) is 0 Å². The van der Waals surface area contributed by atoms with Crippen LogP contribution in [0.1, 0.15) is 5.56 Å². The van der Waals surface area contributed by atoms with Gasteiger partial charge in [0.15, 0.2) is 0 Å². The number of hydrogen-bond acceptors (Lipinski definition) is 5. The van der Waals surface area contributed by atoms with Crippen LogP contribution in [0.4, 0.5) is 5.82 Å². The van der Waals surface area contributed by atoms with Gasteiger partial charge in [0, 0.05) is 43.9 Å². The number of amides is 1. The summed E-state index contributed by atoms with van der Waals surface area (Å²) in [5.41, 5.74) is 0.718. The Morgan fingerprint density at radius 2 is 1.79 bits per heavy atom. The van der Waals surface area contributed by atoms with Crippen molar-refractivity contribution in [1.82, 2.24) is 14.6 Å². The number of anilines is 1. The van der Waals surface area contributed by atoms with Crippen LogP contribution in [0.2, 0.25) is 5.02 Å². The number of benzene rings is 1. The quantitative estimate of drug-likeness (QED) is 0.732. The van der Waals surface area contributed by atoms with E-state index < -0.39 is 10.0 Å². The highest BCUT2D eigenvalue weighted by Gasteiger charge is 2.27. The molecule has 0 aliphatic carbocycles. The van der Waals surface area contributed by atoms with Crippen molar-refractivity contribution in [2.24, 2.45) is 0 Å². The molecule has 1 fully saturated rings. The maximum atomic E-state index is 12.5. The third-order valence-corrected chi connectivity index (χ3v) is 6.84. The molecule has 2 aromatic rings. The molecule has 1 aliphatic heterocycles. The second-order valence-electron chi connectivity index (χ2n) is 6.51. The summed E-state index contributed by atoms with van der Waals surface area (Å²) < 4.78 is 26.6. The summed E-state index contributed by atoms with van der Waals surface area (Å²) in [6.45, 7) is 2.08. The fourth-order valence-corrected chi connectivity index (χ4v) is 4.60. The van der Waals surface area contributed by atoms with Crippen LogP contribution in [-0.2, 0) is 21.2 Å². The van der Waals surface area contributed by atoms with Gasteiger partial charge < -0.3 is 10.2 Å². The highest BCUT2D eigenvalue weighted by Crippen LogP contribution is 2.16. The van der Waals surface area contributed by atoms with Crippen molar-refractivity contribution in [2.75, 3.05) is 43.4 Å². The molecule has 0 atom stereocenters. The van der Waals surface area contributed by atoms with Crippen LogP contribution < -0.4 is 10.2 Å². The molecule has 0 saturated carbocycles. The lowest BCUT2D eigenvalue weighted by molar-refractivity contribution is -0.120. The van der Waals surface area contributed by atoms with E-state index in [0.717, 1.165) is 11.4 Å². The monoisotopic (exact) mass is 422 g/mol. The standard InChI is InChI=1S/C19H23ClN4O3S/c20-17-6-2-1-5-16(17)15-19(25)22-9-14-28(26,27)24-12-10-23(11-13-24)18-7-3-4-8-21-18/h1-8H,9-15H2,(H,22,25). The van der Waals surface area contributed by atoms with Crippen molar-refractivity contribution < 1.29 is 13.2 Å². The molecule has 1 saturated heterocycles. The Bertz CT molecular complexity index is 900. The summed E-state index contributed by atoms with van der Waals surface area (Å²) in [5, 5.41) is 3.19. The highest BCUT2D eigenvalue weighted by molar-refractivity contribution is 7.89. The van der Waals surface area contributed by atoms with E-state index >= 15 is 0 Å². The Morgan fingerprint density at radius 1 is 1.07 bits per heavy atom. The first kappa shape index (κ1) is 20.6. The molecule has 1 aromatic heterocycles. The van der Waals surface area contributed by atoms with Gasteiger partial charge in [0.05, 0.1) is 12.2 Å². The van der Waals surface area contributed by atoms with Gasteiger partial charge in [0.1, 0.15) is 5.82 Å². The fraction of sp³-hybridized carbons (Fsp3) is 0.368. The zero-order valence-corrected chi connectivity index (χ0v) is 17.0. The van der Waals surface area contributed by atoms with Crippen molar-refractivity contribution in [1.29, 1.82) is 0 Å². The molecule has 1 amide bonds. The van der Waals surface area contributed by atoms with Crippen molar-refractivity contribution >= 4 is 33.3 Å². The zero-order valence-electron chi connectivity index (χ0n) is 15.4. The second kappa shape index (κ2) is 9.36. The Balaban J connectivity index is 1.44. The van der Waals surface area contributed by atoms with Crippen LogP contribution >= 0.6 is 11.6 Å². The minimum absolute atomic E-state index is 0.0755. The number of pyridine rings is 1. The smallest absolute Gasteiger partial charge is 0.224 e.